The van der Waals surface area contributed by atoms with E-state index in [1.54, 1.807) is 48.2 Å². The van der Waals surface area contributed by atoms with Crippen molar-refractivity contribution in [3.63, 3.8) is 0 Å². The first-order chi connectivity index (χ1) is 9.17. The molecule has 0 aliphatic carbocycles. The lowest BCUT2D eigenvalue weighted by Crippen LogP contribution is -2.16. The molecule has 0 radical (unpaired) electrons. The fourth-order valence-corrected chi connectivity index (χ4v) is 2.06. The molecule has 2 aromatic carbocycles. The van der Waals surface area contributed by atoms with Gasteiger partial charge in [0.15, 0.2) is 0 Å². The van der Waals surface area contributed by atoms with Crippen LogP contribution in [-0.2, 0) is 0 Å². The number of carbonyl (C=O) groups is 1. The third-order valence-electron chi connectivity index (χ3n) is 2.34. The van der Waals surface area contributed by atoms with Gasteiger partial charge >= 0.3 is 6.09 Å². The van der Waals surface area contributed by atoms with Crippen LogP contribution in [0.25, 0.3) is 0 Å². The maximum Gasteiger partial charge on any atom is 0.417 e. The molecule has 19 heavy (non-hydrogen) atoms. The van der Waals surface area contributed by atoms with E-state index in [1.165, 1.54) is 0 Å². The molecular weight excluding hydrogens is 282 g/mol. The van der Waals surface area contributed by atoms with Crippen molar-refractivity contribution in [3.05, 3.63) is 53.6 Å². The van der Waals surface area contributed by atoms with Gasteiger partial charge in [-0.25, -0.2) is 4.79 Å². The van der Waals surface area contributed by atoms with Gasteiger partial charge in [-0.2, -0.15) is 0 Å². The van der Waals surface area contributed by atoms with Crippen LogP contribution in [-0.4, -0.2) is 12.3 Å². The number of halogens is 1. The predicted molar refractivity (Wildman–Crippen MR) is 79.3 cm³/mol. The SMILES string of the molecule is CSc1ccc(OC(=O)Nc2cccc(Cl)c2)cc1. The summed E-state index contributed by atoms with van der Waals surface area (Å²) in [7, 11) is 0. The Morgan fingerprint density at radius 2 is 1.95 bits per heavy atom. The van der Waals surface area contributed by atoms with E-state index in [9.17, 15) is 4.79 Å². The largest absolute Gasteiger partial charge is 0.417 e. The van der Waals surface area contributed by atoms with Gasteiger partial charge in [-0.15, -0.1) is 11.8 Å². The Labute approximate surface area is 120 Å². The quantitative estimate of drug-likeness (QED) is 0.836. The third kappa shape index (κ3) is 4.19. The zero-order valence-electron chi connectivity index (χ0n) is 10.2. The summed E-state index contributed by atoms with van der Waals surface area (Å²) in [6.45, 7) is 0. The number of nitrogens with one attached hydrogen (secondary N) is 1. The lowest BCUT2D eigenvalue weighted by atomic mass is 10.3. The Hall–Kier alpha value is -1.65. The molecule has 2 rings (SSSR count). The Morgan fingerprint density at radius 1 is 1.21 bits per heavy atom. The number of thioether (sulfide) groups is 1. The van der Waals surface area contributed by atoms with Crippen LogP contribution in [0.2, 0.25) is 5.02 Å². The molecule has 0 atom stereocenters. The van der Waals surface area contributed by atoms with Gasteiger partial charge in [-0.3, -0.25) is 5.32 Å². The summed E-state index contributed by atoms with van der Waals surface area (Å²) in [6, 6.07) is 14.2. The standard InChI is InChI=1S/C14H12ClNO2S/c1-19-13-7-5-12(6-8-13)18-14(17)16-11-4-2-3-10(15)9-11/h2-9H,1H3,(H,16,17). The zero-order valence-corrected chi connectivity index (χ0v) is 11.8. The van der Waals surface area contributed by atoms with Crippen molar-refractivity contribution in [2.24, 2.45) is 0 Å². The van der Waals surface area contributed by atoms with E-state index >= 15 is 0 Å². The molecular formula is C14H12ClNO2S. The first-order valence-corrected chi connectivity index (χ1v) is 7.16. The second-order valence-electron chi connectivity index (χ2n) is 3.70. The van der Waals surface area contributed by atoms with E-state index in [4.69, 9.17) is 16.3 Å². The Balaban J connectivity index is 1.97. The molecule has 0 fully saturated rings. The molecule has 5 heteroatoms. The zero-order chi connectivity index (χ0) is 13.7. The van der Waals surface area contributed by atoms with Crippen LogP contribution in [0, 0.1) is 0 Å². The van der Waals surface area contributed by atoms with Crippen LogP contribution in [0.1, 0.15) is 0 Å². The summed E-state index contributed by atoms with van der Waals surface area (Å²) < 4.78 is 5.16. The number of ether oxygens (including phenoxy) is 1. The minimum atomic E-state index is -0.542. The molecule has 98 valence electrons. The summed E-state index contributed by atoms with van der Waals surface area (Å²) in [5.74, 6) is 0.498. The first kappa shape index (κ1) is 13.8. The van der Waals surface area contributed by atoms with Crippen molar-refractivity contribution in [2.75, 3.05) is 11.6 Å². The molecule has 1 N–H and O–H groups in total. The van der Waals surface area contributed by atoms with E-state index in [-0.39, 0.29) is 0 Å². The smallest absolute Gasteiger partial charge is 0.410 e. The molecule has 0 aliphatic rings. The van der Waals surface area contributed by atoms with Crippen LogP contribution in [0.15, 0.2) is 53.4 Å². The number of anilines is 1. The molecule has 3 nitrogen and oxygen atoms in total. The second-order valence-corrected chi connectivity index (χ2v) is 5.02. The molecule has 0 spiro atoms. The maximum absolute atomic E-state index is 11.7. The van der Waals surface area contributed by atoms with Crippen molar-refractivity contribution >= 4 is 35.1 Å². The molecule has 0 heterocycles. The summed E-state index contributed by atoms with van der Waals surface area (Å²) in [5, 5.41) is 3.17. The van der Waals surface area contributed by atoms with E-state index < -0.39 is 6.09 Å². The molecule has 0 saturated heterocycles. The molecule has 1 amide bonds. The summed E-state index contributed by atoms with van der Waals surface area (Å²) in [6.07, 6.45) is 1.45. The molecule has 0 saturated carbocycles. The summed E-state index contributed by atoms with van der Waals surface area (Å²) >= 11 is 7.46. The Morgan fingerprint density at radius 3 is 2.58 bits per heavy atom. The van der Waals surface area contributed by atoms with Crippen molar-refractivity contribution in [3.8, 4) is 5.75 Å². The van der Waals surface area contributed by atoms with Crippen molar-refractivity contribution in [1.29, 1.82) is 0 Å². The number of benzene rings is 2. The summed E-state index contributed by atoms with van der Waals surface area (Å²) in [4.78, 5) is 12.8. The molecule has 0 unspecified atom stereocenters. The highest BCUT2D eigenvalue weighted by Crippen LogP contribution is 2.20. The average molecular weight is 294 g/mol. The van der Waals surface area contributed by atoms with E-state index in [1.807, 2.05) is 18.4 Å². The highest BCUT2D eigenvalue weighted by molar-refractivity contribution is 7.98. The van der Waals surface area contributed by atoms with Crippen molar-refractivity contribution in [2.45, 2.75) is 4.90 Å². The minimum absolute atomic E-state index is 0.498. The van der Waals surface area contributed by atoms with Crippen molar-refractivity contribution < 1.29 is 9.53 Å². The van der Waals surface area contributed by atoms with Gasteiger partial charge in [-0.1, -0.05) is 17.7 Å². The normalized spacial score (nSPS) is 10.0. The molecule has 0 aliphatic heterocycles. The van der Waals surface area contributed by atoms with E-state index in [2.05, 4.69) is 5.32 Å². The van der Waals surface area contributed by atoms with Crippen LogP contribution in [0.4, 0.5) is 10.5 Å². The Bertz CT molecular complexity index is 572. The molecule has 2 aromatic rings. The van der Waals surface area contributed by atoms with E-state index in [0.717, 1.165) is 4.90 Å². The fourth-order valence-electron chi connectivity index (χ4n) is 1.46. The highest BCUT2D eigenvalue weighted by atomic mass is 35.5. The number of rotatable bonds is 3. The lowest BCUT2D eigenvalue weighted by Gasteiger charge is -2.07. The lowest BCUT2D eigenvalue weighted by molar-refractivity contribution is 0.215. The van der Waals surface area contributed by atoms with Crippen molar-refractivity contribution in [1.82, 2.24) is 0 Å². The highest BCUT2D eigenvalue weighted by Gasteiger charge is 2.05. The van der Waals surface area contributed by atoms with E-state index in [0.29, 0.717) is 16.5 Å². The van der Waals surface area contributed by atoms with Gasteiger partial charge in [-0.05, 0) is 48.7 Å². The topological polar surface area (TPSA) is 38.3 Å². The van der Waals surface area contributed by atoms with Crippen LogP contribution < -0.4 is 10.1 Å². The van der Waals surface area contributed by atoms with Gasteiger partial charge < -0.3 is 4.74 Å². The van der Waals surface area contributed by atoms with Gasteiger partial charge in [0.2, 0.25) is 0 Å². The first-order valence-electron chi connectivity index (χ1n) is 5.56. The van der Waals surface area contributed by atoms with Gasteiger partial charge in [0.25, 0.3) is 0 Å². The van der Waals surface area contributed by atoms with Gasteiger partial charge in [0.1, 0.15) is 5.75 Å². The predicted octanol–water partition coefficient (Wildman–Crippen LogP) is 4.67. The van der Waals surface area contributed by atoms with Crippen LogP contribution in [0.5, 0.6) is 5.75 Å². The fraction of sp³-hybridized carbons (Fsp3) is 0.0714. The summed E-state index contributed by atoms with van der Waals surface area (Å²) in [5.41, 5.74) is 0.596. The number of hydrogen-bond donors (Lipinski definition) is 1. The monoisotopic (exact) mass is 293 g/mol. The maximum atomic E-state index is 11.7. The number of amides is 1. The van der Waals surface area contributed by atoms with Crippen LogP contribution in [0.3, 0.4) is 0 Å². The second kappa shape index (κ2) is 6.50. The van der Waals surface area contributed by atoms with Crippen LogP contribution >= 0.6 is 23.4 Å². The third-order valence-corrected chi connectivity index (χ3v) is 3.32. The average Bonchev–Trinajstić information content (AvgIpc) is 2.39. The number of hydrogen-bond acceptors (Lipinski definition) is 3. The molecule has 0 bridgehead atoms. The number of carbonyl (C=O) groups excluding carboxylic acids is 1. The molecule has 0 aromatic heterocycles. The van der Waals surface area contributed by atoms with Gasteiger partial charge in [0, 0.05) is 15.6 Å². The minimum Gasteiger partial charge on any atom is -0.410 e. The van der Waals surface area contributed by atoms with Gasteiger partial charge in [0.05, 0.1) is 0 Å². The Kier molecular flexibility index (Phi) is 4.71.